The molecule has 0 spiro atoms. The molecule has 23 heavy (non-hydrogen) atoms. The Morgan fingerprint density at radius 2 is 1.91 bits per heavy atom. The zero-order valence-electron chi connectivity index (χ0n) is 12.1. The summed E-state index contributed by atoms with van der Waals surface area (Å²) in [5.41, 5.74) is 3.98. The molecule has 0 N–H and O–H groups in total. The van der Waals surface area contributed by atoms with Crippen molar-refractivity contribution in [2.45, 2.75) is 11.9 Å². The fraction of sp³-hybridized carbons (Fsp3) is 0.118. The number of halogens is 2. The molecule has 3 aromatic rings. The van der Waals surface area contributed by atoms with Crippen molar-refractivity contribution in [3.05, 3.63) is 76.3 Å². The summed E-state index contributed by atoms with van der Waals surface area (Å²) in [6.07, 6.45) is 0. The summed E-state index contributed by atoms with van der Waals surface area (Å²) >= 11 is 9.73. The Hall–Kier alpha value is -1.98. The van der Waals surface area contributed by atoms with Crippen LogP contribution in [-0.4, -0.2) is 20.5 Å². The van der Waals surface area contributed by atoms with Crippen molar-refractivity contribution in [3.8, 4) is 5.69 Å². The van der Waals surface area contributed by atoms with Crippen LogP contribution in [0.15, 0.2) is 53.5 Å². The van der Waals surface area contributed by atoms with E-state index in [9.17, 15) is 0 Å². The number of rotatable bonds is 2. The van der Waals surface area contributed by atoms with Crippen LogP contribution in [0.5, 0.6) is 0 Å². The van der Waals surface area contributed by atoms with Gasteiger partial charge >= 0.3 is 0 Å². The highest BCUT2D eigenvalue weighted by Gasteiger charge is 2.22. The molecule has 0 unspecified atom stereocenters. The molecule has 0 fully saturated rings. The number of benzene rings is 2. The number of hydrogen-bond acceptors (Lipinski definition) is 3. The quantitative estimate of drug-likeness (QED) is 0.620. The van der Waals surface area contributed by atoms with Gasteiger partial charge in [0.05, 0.1) is 16.7 Å². The highest BCUT2D eigenvalue weighted by molar-refractivity contribution is 9.08. The predicted molar refractivity (Wildman–Crippen MR) is 94.8 cm³/mol. The van der Waals surface area contributed by atoms with E-state index in [4.69, 9.17) is 16.6 Å². The molecule has 114 valence electrons. The van der Waals surface area contributed by atoms with Crippen molar-refractivity contribution in [2.75, 3.05) is 0 Å². The van der Waals surface area contributed by atoms with Gasteiger partial charge in [-0.05, 0) is 18.2 Å². The average Bonchev–Trinajstić information content (AvgIpc) is 2.92. The minimum Gasteiger partial charge on any atom is -0.280 e. The van der Waals surface area contributed by atoms with Gasteiger partial charge < -0.3 is 0 Å². The van der Waals surface area contributed by atoms with Crippen LogP contribution in [0.1, 0.15) is 22.8 Å². The monoisotopic (exact) mass is 386 g/mol. The van der Waals surface area contributed by atoms with Crippen LogP contribution < -0.4 is 0 Å². The fourth-order valence-corrected chi connectivity index (χ4v) is 3.33. The van der Waals surface area contributed by atoms with Crippen LogP contribution in [0.25, 0.3) is 5.69 Å². The standard InChI is InChI=1S/C17H12BrClN4/c18-9-15-21-22-16-10-20-17(11-4-2-1-3-5-11)13-8-12(19)6-7-14(13)23(15)16/h1-8H,9-10H2. The normalized spacial score (nSPS) is 13.0. The molecule has 1 aromatic heterocycles. The Bertz CT molecular complexity index is 902. The molecule has 0 saturated heterocycles. The van der Waals surface area contributed by atoms with Crippen LogP contribution in [0.2, 0.25) is 5.02 Å². The van der Waals surface area contributed by atoms with Gasteiger partial charge in [0.25, 0.3) is 0 Å². The van der Waals surface area contributed by atoms with E-state index < -0.39 is 0 Å². The first-order valence-electron chi connectivity index (χ1n) is 7.17. The molecule has 0 saturated carbocycles. The minimum absolute atomic E-state index is 0.483. The van der Waals surface area contributed by atoms with Gasteiger partial charge in [0.1, 0.15) is 12.4 Å². The third kappa shape index (κ3) is 2.50. The van der Waals surface area contributed by atoms with E-state index in [2.05, 4.69) is 42.8 Å². The molecular weight excluding hydrogens is 376 g/mol. The predicted octanol–water partition coefficient (Wildman–Crippen LogP) is 4.17. The summed E-state index contributed by atoms with van der Waals surface area (Å²) in [4.78, 5) is 4.78. The highest BCUT2D eigenvalue weighted by Crippen LogP contribution is 2.28. The number of aliphatic imine (C=N–C) groups is 1. The lowest BCUT2D eigenvalue weighted by atomic mass is 10.0. The number of hydrogen-bond donors (Lipinski definition) is 0. The molecule has 0 aliphatic carbocycles. The first-order valence-corrected chi connectivity index (χ1v) is 8.67. The van der Waals surface area contributed by atoms with E-state index in [0.717, 1.165) is 34.2 Å². The van der Waals surface area contributed by atoms with E-state index in [1.165, 1.54) is 0 Å². The second kappa shape index (κ2) is 5.91. The fourth-order valence-electron chi connectivity index (χ4n) is 2.79. The van der Waals surface area contributed by atoms with E-state index >= 15 is 0 Å². The van der Waals surface area contributed by atoms with Gasteiger partial charge in [-0.15, -0.1) is 10.2 Å². The second-order valence-electron chi connectivity index (χ2n) is 5.19. The molecule has 2 heterocycles. The highest BCUT2D eigenvalue weighted by atomic mass is 79.9. The number of aromatic nitrogens is 3. The van der Waals surface area contributed by atoms with Gasteiger partial charge in [-0.3, -0.25) is 9.56 Å². The first-order chi connectivity index (χ1) is 11.3. The Labute approximate surface area is 147 Å². The second-order valence-corrected chi connectivity index (χ2v) is 6.19. The molecule has 6 heteroatoms. The smallest absolute Gasteiger partial charge is 0.159 e. The zero-order valence-corrected chi connectivity index (χ0v) is 14.4. The van der Waals surface area contributed by atoms with Crippen LogP contribution >= 0.6 is 27.5 Å². The molecule has 1 aliphatic heterocycles. The van der Waals surface area contributed by atoms with Gasteiger partial charge in [-0.25, -0.2) is 0 Å². The lowest BCUT2D eigenvalue weighted by molar-refractivity contribution is 0.860. The van der Waals surface area contributed by atoms with Gasteiger partial charge in [-0.1, -0.05) is 57.9 Å². The third-order valence-corrected chi connectivity index (χ3v) is 4.53. The van der Waals surface area contributed by atoms with Crippen LogP contribution in [0, 0.1) is 0 Å². The maximum Gasteiger partial charge on any atom is 0.159 e. The van der Waals surface area contributed by atoms with E-state index in [0.29, 0.717) is 16.9 Å². The molecule has 0 bridgehead atoms. The molecule has 0 amide bonds. The average molecular weight is 388 g/mol. The lowest BCUT2D eigenvalue weighted by Gasteiger charge is -2.13. The van der Waals surface area contributed by atoms with Crippen LogP contribution in [0.4, 0.5) is 0 Å². The van der Waals surface area contributed by atoms with Crippen molar-refractivity contribution in [1.29, 1.82) is 0 Å². The summed E-state index contributed by atoms with van der Waals surface area (Å²) in [6, 6.07) is 16.0. The Kier molecular flexibility index (Phi) is 3.75. The number of fused-ring (bicyclic) bond motifs is 3. The van der Waals surface area contributed by atoms with Crippen molar-refractivity contribution in [3.63, 3.8) is 0 Å². The van der Waals surface area contributed by atoms with Crippen molar-refractivity contribution in [2.24, 2.45) is 4.99 Å². The SMILES string of the molecule is Clc1ccc2c(c1)C(c1ccccc1)=NCc1nnc(CBr)n1-2. The summed E-state index contributed by atoms with van der Waals surface area (Å²) in [5.74, 6) is 1.68. The molecule has 0 radical (unpaired) electrons. The Morgan fingerprint density at radius 3 is 2.70 bits per heavy atom. The van der Waals surface area contributed by atoms with Crippen LogP contribution in [-0.2, 0) is 11.9 Å². The Balaban J connectivity index is 2.00. The molecule has 2 aromatic carbocycles. The van der Waals surface area contributed by atoms with E-state index in [1.54, 1.807) is 0 Å². The van der Waals surface area contributed by atoms with Crippen molar-refractivity contribution >= 4 is 33.2 Å². The zero-order chi connectivity index (χ0) is 15.8. The van der Waals surface area contributed by atoms with E-state index in [1.807, 2.05) is 36.4 Å². The number of alkyl halides is 1. The largest absolute Gasteiger partial charge is 0.280 e. The van der Waals surface area contributed by atoms with Gasteiger partial charge in [0.15, 0.2) is 5.82 Å². The summed E-state index contributed by atoms with van der Waals surface area (Å²) in [7, 11) is 0. The molecule has 1 aliphatic rings. The Morgan fingerprint density at radius 1 is 1.09 bits per heavy atom. The molecule has 0 atom stereocenters. The molecule has 4 nitrogen and oxygen atoms in total. The van der Waals surface area contributed by atoms with Crippen molar-refractivity contribution in [1.82, 2.24) is 14.8 Å². The van der Waals surface area contributed by atoms with Gasteiger partial charge in [-0.2, -0.15) is 0 Å². The van der Waals surface area contributed by atoms with Gasteiger partial charge in [0.2, 0.25) is 0 Å². The first kappa shape index (κ1) is 14.6. The summed E-state index contributed by atoms with van der Waals surface area (Å²) in [5, 5.41) is 9.83. The van der Waals surface area contributed by atoms with Crippen molar-refractivity contribution < 1.29 is 0 Å². The van der Waals surface area contributed by atoms with E-state index in [-0.39, 0.29) is 0 Å². The van der Waals surface area contributed by atoms with Crippen LogP contribution in [0.3, 0.4) is 0 Å². The van der Waals surface area contributed by atoms with Gasteiger partial charge in [0, 0.05) is 16.1 Å². The minimum atomic E-state index is 0.483. The molecular formula is C17H12BrClN4. The number of nitrogens with zero attached hydrogens (tertiary/aromatic N) is 4. The molecule has 4 rings (SSSR count). The summed E-state index contributed by atoms with van der Waals surface area (Å²) < 4.78 is 2.06. The topological polar surface area (TPSA) is 43.1 Å². The maximum absolute atomic E-state index is 6.25. The summed E-state index contributed by atoms with van der Waals surface area (Å²) in [6.45, 7) is 0.483. The third-order valence-electron chi connectivity index (χ3n) is 3.80. The lowest BCUT2D eigenvalue weighted by Crippen LogP contribution is -2.09. The maximum atomic E-state index is 6.25.